The maximum Gasteiger partial charge on any atom is 0.0994 e. The molecule has 1 nitrogen and oxygen atoms in total. The Bertz CT molecular complexity index is 361. The summed E-state index contributed by atoms with van der Waals surface area (Å²) in [6, 6.07) is 8.72. The third-order valence-corrected chi connectivity index (χ3v) is 5.20. The zero-order chi connectivity index (χ0) is 11.0. The summed E-state index contributed by atoms with van der Waals surface area (Å²) in [6.07, 6.45) is 4.98. The molecule has 1 aromatic rings. The molecule has 1 N–H and O–H groups in total. The van der Waals surface area contributed by atoms with Gasteiger partial charge in [0, 0.05) is 5.75 Å². The predicted molar refractivity (Wildman–Crippen MR) is 68.9 cm³/mol. The number of rotatable bonds is 2. The molecule has 0 aromatic heterocycles. The molecule has 1 unspecified atom stereocenters. The molecule has 0 radical (unpaired) electrons. The summed E-state index contributed by atoms with van der Waals surface area (Å²) < 4.78 is 0. The van der Waals surface area contributed by atoms with Gasteiger partial charge in [-0.2, -0.15) is 11.8 Å². The molecule has 2 aliphatic rings. The SMILES string of the molecule is OC1(c2ccc(C3CCC3)cc2)CCSC1. The first kappa shape index (κ1) is 10.7. The van der Waals surface area contributed by atoms with Crippen LogP contribution in [-0.4, -0.2) is 16.6 Å². The van der Waals surface area contributed by atoms with Gasteiger partial charge in [0.15, 0.2) is 0 Å². The zero-order valence-corrected chi connectivity index (χ0v) is 10.3. The highest BCUT2D eigenvalue weighted by Crippen LogP contribution is 2.39. The summed E-state index contributed by atoms with van der Waals surface area (Å²) in [5.41, 5.74) is 2.02. The normalized spacial score (nSPS) is 30.3. The van der Waals surface area contributed by atoms with E-state index < -0.39 is 5.60 Å². The standard InChI is InChI=1S/C14H18OS/c15-14(8-9-16-10-14)13-6-4-12(5-7-13)11-2-1-3-11/h4-7,11,15H,1-3,8-10H2. The van der Waals surface area contributed by atoms with Gasteiger partial charge in [-0.15, -0.1) is 0 Å². The summed E-state index contributed by atoms with van der Waals surface area (Å²) in [5.74, 6) is 2.73. The van der Waals surface area contributed by atoms with Gasteiger partial charge in [-0.1, -0.05) is 30.7 Å². The summed E-state index contributed by atoms with van der Waals surface area (Å²) >= 11 is 1.85. The van der Waals surface area contributed by atoms with Crippen LogP contribution in [0.15, 0.2) is 24.3 Å². The third-order valence-electron chi connectivity index (χ3n) is 4.03. The first-order valence-corrected chi connectivity index (χ1v) is 7.34. The summed E-state index contributed by atoms with van der Waals surface area (Å²) in [4.78, 5) is 0. The summed E-state index contributed by atoms with van der Waals surface area (Å²) in [7, 11) is 0. The van der Waals surface area contributed by atoms with Crippen molar-refractivity contribution in [3.8, 4) is 0 Å². The van der Waals surface area contributed by atoms with Crippen molar-refractivity contribution in [1.29, 1.82) is 0 Å². The summed E-state index contributed by atoms with van der Waals surface area (Å²) in [5, 5.41) is 10.4. The number of hydrogen-bond donors (Lipinski definition) is 1. The fraction of sp³-hybridized carbons (Fsp3) is 0.571. The van der Waals surface area contributed by atoms with Crippen LogP contribution in [0, 0.1) is 0 Å². The molecule has 1 saturated carbocycles. The monoisotopic (exact) mass is 234 g/mol. The molecule has 1 aliphatic heterocycles. The van der Waals surface area contributed by atoms with Crippen molar-refractivity contribution < 1.29 is 5.11 Å². The molecule has 0 spiro atoms. The van der Waals surface area contributed by atoms with E-state index in [1.54, 1.807) is 0 Å². The van der Waals surface area contributed by atoms with Crippen LogP contribution in [0.4, 0.5) is 0 Å². The minimum atomic E-state index is -0.553. The van der Waals surface area contributed by atoms with Crippen LogP contribution in [0.25, 0.3) is 0 Å². The second kappa shape index (κ2) is 4.08. The molecule has 1 atom stereocenters. The first-order chi connectivity index (χ1) is 7.78. The predicted octanol–water partition coefficient (Wildman–Crippen LogP) is 3.28. The van der Waals surface area contributed by atoms with E-state index in [1.165, 1.54) is 24.8 Å². The fourth-order valence-electron chi connectivity index (χ4n) is 2.59. The molecule has 0 amide bonds. The lowest BCUT2D eigenvalue weighted by Crippen LogP contribution is -2.24. The molecule has 3 rings (SSSR count). The van der Waals surface area contributed by atoms with Crippen molar-refractivity contribution in [2.75, 3.05) is 11.5 Å². The van der Waals surface area contributed by atoms with Crippen molar-refractivity contribution in [3.05, 3.63) is 35.4 Å². The molecule has 2 fully saturated rings. The van der Waals surface area contributed by atoms with E-state index in [1.807, 2.05) is 11.8 Å². The van der Waals surface area contributed by atoms with E-state index in [0.717, 1.165) is 29.4 Å². The van der Waals surface area contributed by atoms with Gasteiger partial charge in [-0.25, -0.2) is 0 Å². The number of hydrogen-bond acceptors (Lipinski definition) is 2. The van der Waals surface area contributed by atoms with Crippen molar-refractivity contribution in [2.24, 2.45) is 0 Å². The fourth-order valence-corrected chi connectivity index (χ4v) is 3.86. The van der Waals surface area contributed by atoms with Crippen LogP contribution in [0.3, 0.4) is 0 Å². The Morgan fingerprint density at radius 3 is 2.44 bits per heavy atom. The molecule has 1 heterocycles. The van der Waals surface area contributed by atoms with Gasteiger partial charge in [0.25, 0.3) is 0 Å². The van der Waals surface area contributed by atoms with E-state index in [-0.39, 0.29) is 0 Å². The lowest BCUT2D eigenvalue weighted by atomic mass is 9.79. The maximum atomic E-state index is 10.4. The van der Waals surface area contributed by atoms with Crippen molar-refractivity contribution >= 4 is 11.8 Å². The van der Waals surface area contributed by atoms with Gasteiger partial charge >= 0.3 is 0 Å². The van der Waals surface area contributed by atoms with Gasteiger partial charge in [0.2, 0.25) is 0 Å². The molecule has 16 heavy (non-hydrogen) atoms. The zero-order valence-electron chi connectivity index (χ0n) is 9.48. The molecule has 1 aliphatic carbocycles. The average Bonchev–Trinajstić information content (AvgIpc) is 2.65. The molecular formula is C14H18OS. The molecule has 2 heteroatoms. The van der Waals surface area contributed by atoms with Gasteiger partial charge < -0.3 is 5.11 Å². The number of benzene rings is 1. The van der Waals surface area contributed by atoms with Crippen LogP contribution in [0.1, 0.15) is 42.7 Å². The van der Waals surface area contributed by atoms with Crippen LogP contribution in [0.5, 0.6) is 0 Å². The highest BCUT2D eigenvalue weighted by molar-refractivity contribution is 7.99. The second-order valence-corrected chi connectivity index (χ2v) is 6.19. The minimum absolute atomic E-state index is 0.553. The van der Waals surface area contributed by atoms with E-state index in [9.17, 15) is 5.11 Å². The highest BCUT2D eigenvalue weighted by atomic mass is 32.2. The Hall–Kier alpha value is -0.470. The Labute approximate surface area is 101 Å². The molecule has 0 bridgehead atoms. The quantitative estimate of drug-likeness (QED) is 0.847. The number of thioether (sulfide) groups is 1. The van der Waals surface area contributed by atoms with Crippen LogP contribution >= 0.6 is 11.8 Å². The Morgan fingerprint density at radius 1 is 1.19 bits per heavy atom. The van der Waals surface area contributed by atoms with E-state index >= 15 is 0 Å². The van der Waals surface area contributed by atoms with Gasteiger partial charge in [-0.3, -0.25) is 0 Å². The smallest absolute Gasteiger partial charge is 0.0994 e. The lowest BCUT2D eigenvalue weighted by Gasteiger charge is -2.27. The van der Waals surface area contributed by atoms with Gasteiger partial charge in [0.1, 0.15) is 0 Å². The Balaban J connectivity index is 1.81. The Morgan fingerprint density at radius 2 is 1.94 bits per heavy atom. The largest absolute Gasteiger partial charge is 0.384 e. The maximum absolute atomic E-state index is 10.4. The van der Waals surface area contributed by atoms with Crippen molar-refractivity contribution in [1.82, 2.24) is 0 Å². The average molecular weight is 234 g/mol. The summed E-state index contributed by atoms with van der Waals surface area (Å²) in [6.45, 7) is 0. The van der Waals surface area contributed by atoms with Gasteiger partial charge in [0.05, 0.1) is 5.60 Å². The Kier molecular flexibility index (Phi) is 2.72. The minimum Gasteiger partial charge on any atom is -0.384 e. The van der Waals surface area contributed by atoms with Crippen LogP contribution in [0.2, 0.25) is 0 Å². The lowest BCUT2D eigenvalue weighted by molar-refractivity contribution is 0.0657. The van der Waals surface area contributed by atoms with E-state index in [4.69, 9.17) is 0 Å². The molecule has 1 saturated heterocycles. The van der Waals surface area contributed by atoms with E-state index in [2.05, 4.69) is 24.3 Å². The van der Waals surface area contributed by atoms with E-state index in [0.29, 0.717) is 0 Å². The number of aliphatic hydroxyl groups is 1. The molecule has 1 aromatic carbocycles. The third kappa shape index (κ3) is 1.78. The van der Waals surface area contributed by atoms with Crippen molar-refractivity contribution in [3.63, 3.8) is 0 Å². The first-order valence-electron chi connectivity index (χ1n) is 6.18. The highest BCUT2D eigenvalue weighted by Gasteiger charge is 2.33. The van der Waals surface area contributed by atoms with Crippen LogP contribution in [-0.2, 0) is 5.60 Å². The molecular weight excluding hydrogens is 216 g/mol. The molecule has 86 valence electrons. The second-order valence-electron chi connectivity index (χ2n) is 5.08. The van der Waals surface area contributed by atoms with Crippen molar-refractivity contribution in [2.45, 2.75) is 37.2 Å². The van der Waals surface area contributed by atoms with Crippen LogP contribution < -0.4 is 0 Å². The van der Waals surface area contributed by atoms with Gasteiger partial charge in [-0.05, 0) is 42.1 Å². The topological polar surface area (TPSA) is 20.2 Å².